The Morgan fingerprint density at radius 3 is 2.16 bits per heavy atom. The Balaban J connectivity index is 1.64. The average Bonchev–Trinajstić information content (AvgIpc) is 2.73. The molecule has 1 aliphatic rings. The first-order valence-electron chi connectivity index (χ1n) is 9.34. The van der Waals surface area contributed by atoms with Crippen molar-refractivity contribution in [2.45, 2.75) is 22.8 Å². The van der Waals surface area contributed by atoms with Crippen LogP contribution in [0.1, 0.15) is 6.92 Å². The van der Waals surface area contributed by atoms with Crippen LogP contribution in [-0.2, 0) is 24.8 Å². The first-order chi connectivity index (χ1) is 14.5. The summed E-state index contributed by atoms with van der Waals surface area (Å²) in [5, 5.41) is 0. The highest BCUT2D eigenvalue weighted by Gasteiger charge is 2.34. The molecule has 8 nitrogen and oxygen atoms in total. The molecule has 168 valence electrons. The van der Waals surface area contributed by atoms with Crippen molar-refractivity contribution in [3.05, 3.63) is 60.2 Å². The molecule has 1 amide bonds. The van der Waals surface area contributed by atoms with Crippen LogP contribution in [0.5, 0.6) is 0 Å². The van der Waals surface area contributed by atoms with Gasteiger partial charge in [-0.1, -0.05) is 18.2 Å². The maximum absolute atomic E-state index is 13.9. The van der Waals surface area contributed by atoms with Gasteiger partial charge in [0.25, 0.3) is 0 Å². The van der Waals surface area contributed by atoms with Crippen LogP contribution in [-0.4, -0.2) is 64.2 Å². The zero-order valence-corrected chi connectivity index (χ0v) is 18.2. The molecule has 31 heavy (non-hydrogen) atoms. The molecule has 2 aromatic carbocycles. The lowest BCUT2D eigenvalue weighted by Crippen LogP contribution is -2.55. The molecule has 1 aliphatic heterocycles. The van der Waals surface area contributed by atoms with E-state index in [1.165, 1.54) is 24.0 Å². The normalized spacial score (nSPS) is 16.8. The molecular weight excluding hydrogens is 452 g/mol. The van der Waals surface area contributed by atoms with E-state index in [9.17, 15) is 30.4 Å². The molecular formula is C19H21F2N3O5S2. The molecule has 0 radical (unpaired) electrons. The van der Waals surface area contributed by atoms with Gasteiger partial charge in [-0.3, -0.25) is 4.79 Å². The number of amides is 1. The SMILES string of the molecule is C[C@H](NS(=O)(=O)c1ccccc1)C(=O)N1CCN(S(=O)(=O)c2ccc(F)cc2F)CC1. The molecule has 1 N–H and O–H groups in total. The van der Waals surface area contributed by atoms with Crippen molar-refractivity contribution in [1.82, 2.24) is 13.9 Å². The third-order valence-corrected chi connectivity index (χ3v) is 8.31. The van der Waals surface area contributed by atoms with Gasteiger partial charge >= 0.3 is 0 Å². The summed E-state index contributed by atoms with van der Waals surface area (Å²) in [6.45, 7) is 1.18. The van der Waals surface area contributed by atoms with Gasteiger partial charge in [0.1, 0.15) is 16.5 Å². The second-order valence-electron chi connectivity index (χ2n) is 6.96. The fourth-order valence-corrected chi connectivity index (χ4v) is 5.88. The number of piperazine rings is 1. The first kappa shape index (κ1) is 23.3. The molecule has 0 spiro atoms. The summed E-state index contributed by atoms with van der Waals surface area (Å²) in [6, 6.07) is 8.73. The molecule has 12 heteroatoms. The topological polar surface area (TPSA) is 104 Å². The number of hydrogen-bond donors (Lipinski definition) is 1. The summed E-state index contributed by atoms with van der Waals surface area (Å²) in [5.74, 6) is -2.59. The largest absolute Gasteiger partial charge is 0.339 e. The summed E-state index contributed by atoms with van der Waals surface area (Å²) in [5.41, 5.74) is 0. The van der Waals surface area contributed by atoms with Gasteiger partial charge in [-0.2, -0.15) is 9.03 Å². The minimum Gasteiger partial charge on any atom is -0.339 e. The van der Waals surface area contributed by atoms with Crippen molar-refractivity contribution < 1.29 is 30.4 Å². The van der Waals surface area contributed by atoms with Crippen LogP contribution in [0.4, 0.5) is 8.78 Å². The number of nitrogens with one attached hydrogen (secondary N) is 1. The number of sulfonamides is 2. The van der Waals surface area contributed by atoms with Crippen molar-refractivity contribution >= 4 is 26.0 Å². The summed E-state index contributed by atoms with van der Waals surface area (Å²) in [7, 11) is -8.10. The predicted molar refractivity (Wildman–Crippen MR) is 108 cm³/mol. The Morgan fingerprint density at radius 1 is 0.968 bits per heavy atom. The fourth-order valence-electron chi connectivity index (χ4n) is 3.20. The molecule has 1 saturated heterocycles. The third-order valence-electron chi connectivity index (χ3n) is 4.82. The van der Waals surface area contributed by atoms with Crippen LogP contribution >= 0.6 is 0 Å². The van der Waals surface area contributed by atoms with Crippen molar-refractivity contribution in [2.75, 3.05) is 26.2 Å². The molecule has 1 atom stereocenters. The van der Waals surface area contributed by atoms with Crippen LogP contribution in [0, 0.1) is 11.6 Å². The molecule has 3 rings (SSSR count). The van der Waals surface area contributed by atoms with E-state index in [4.69, 9.17) is 0 Å². The van der Waals surface area contributed by atoms with Gasteiger partial charge in [0.15, 0.2) is 0 Å². The number of hydrogen-bond acceptors (Lipinski definition) is 5. The predicted octanol–water partition coefficient (Wildman–Crippen LogP) is 1.16. The first-order valence-corrected chi connectivity index (χ1v) is 12.3. The number of rotatable bonds is 6. The number of carbonyl (C=O) groups is 1. The number of nitrogens with zero attached hydrogens (tertiary/aromatic N) is 2. The highest BCUT2D eigenvalue weighted by atomic mass is 32.2. The summed E-state index contributed by atoms with van der Waals surface area (Å²) < 4.78 is 80.4. The summed E-state index contributed by atoms with van der Waals surface area (Å²) in [4.78, 5) is 13.4. The Kier molecular flexibility index (Phi) is 6.74. The standard InChI is InChI=1S/C19H21F2N3O5S2/c1-14(22-30(26,27)16-5-3-2-4-6-16)19(25)23-9-11-24(12-10-23)31(28,29)18-8-7-15(20)13-17(18)21/h2-8,13-14,22H,9-12H2,1H3/t14-/m0/s1. The van der Waals surface area contributed by atoms with E-state index < -0.39 is 48.5 Å². The number of carbonyl (C=O) groups excluding carboxylic acids is 1. The monoisotopic (exact) mass is 473 g/mol. The second-order valence-corrected chi connectivity index (χ2v) is 10.6. The van der Waals surface area contributed by atoms with E-state index in [0.717, 1.165) is 16.4 Å². The smallest absolute Gasteiger partial charge is 0.246 e. The molecule has 0 unspecified atom stereocenters. The van der Waals surface area contributed by atoms with Crippen LogP contribution in [0.2, 0.25) is 0 Å². The van der Waals surface area contributed by atoms with Crippen molar-refractivity contribution in [3.8, 4) is 0 Å². The number of halogens is 2. The van der Waals surface area contributed by atoms with Gasteiger partial charge in [-0.15, -0.1) is 0 Å². The lowest BCUT2D eigenvalue weighted by Gasteiger charge is -2.35. The Bertz CT molecular complexity index is 1170. The second kappa shape index (κ2) is 8.99. The maximum atomic E-state index is 13.9. The van der Waals surface area contributed by atoms with Crippen molar-refractivity contribution in [1.29, 1.82) is 0 Å². The van der Waals surface area contributed by atoms with Crippen LogP contribution in [0.25, 0.3) is 0 Å². The van der Waals surface area contributed by atoms with E-state index in [0.29, 0.717) is 6.07 Å². The number of benzene rings is 2. The minimum atomic E-state index is -4.20. The molecule has 1 fully saturated rings. The minimum absolute atomic E-state index is 0.00170. The quantitative estimate of drug-likeness (QED) is 0.678. The van der Waals surface area contributed by atoms with Crippen LogP contribution in [0.3, 0.4) is 0 Å². The summed E-state index contributed by atoms with van der Waals surface area (Å²) in [6.07, 6.45) is 0. The highest BCUT2D eigenvalue weighted by Crippen LogP contribution is 2.21. The van der Waals surface area contributed by atoms with Crippen LogP contribution < -0.4 is 4.72 Å². The zero-order valence-electron chi connectivity index (χ0n) is 16.5. The van der Waals surface area contributed by atoms with Gasteiger partial charge in [-0.05, 0) is 31.2 Å². The van der Waals surface area contributed by atoms with Crippen molar-refractivity contribution in [3.63, 3.8) is 0 Å². The Morgan fingerprint density at radius 2 is 1.58 bits per heavy atom. The Hall–Kier alpha value is -2.41. The molecule has 1 heterocycles. The molecule has 0 saturated carbocycles. The van der Waals surface area contributed by atoms with E-state index in [1.54, 1.807) is 18.2 Å². The van der Waals surface area contributed by atoms with Gasteiger partial charge in [0.2, 0.25) is 26.0 Å². The van der Waals surface area contributed by atoms with Gasteiger partial charge in [-0.25, -0.2) is 25.6 Å². The third kappa shape index (κ3) is 5.09. The lowest BCUT2D eigenvalue weighted by molar-refractivity contribution is -0.133. The molecule has 0 aliphatic carbocycles. The van der Waals surface area contributed by atoms with Gasteiger partial charge < -0.3 is 4.90 Å². The highest BCUT2D eigenvalue weighted by molar-refractivity contribution is 7.89. The molecule has 2 aromatic rings. The lowest BCUT2D eigenvalue weighted by atomic mass is 10.2. The van der Waals surface area contributed by atoms with Gasteiger partial charge in [0.05, 0.1) is 10.9 Å². The van der Waals surface area contributed by atoms with E-state index in [-0.39, 0.29) is 31.1 Å². The van der Waals surface area contributed by atoms with E-state index >= 15 is 0 Å². The van der Waals surface area contributed by atoms with Crippen LogP contribution in [0.15, 0.2) is 58.3 Å². The van der Waals surface area contributed by atoms with Crippen molar-refractivity contribution in [2.24, 2.45) is 0 Å². The molecule has 0 bridgehead atoms. The maximum Gasteiger partial charge on any atom is 0.246 e. The van der Waals surface area contributed by atoms with E-state index in [2.05, 4.69) is 4.72 Å². The van der Waals surface area contributed by atoms with E-state index in [1.807, 2.05) is 0 Å². The molecule has 0 aromatic heterocycles. The average molecular weight is 474 g/mol. The zero-order chi connectivity index (χ0) is 22.8. The fraction of sp³-hybridized carbons (Fsp3) is 0.316. The van der Waals surface area contributed by atoms with Gasteiger partial charge in [0, 0.05) is 32.2 Å². The summed E-state index contributed by atoms with van der Waals surface area (Å²) >= 11 is 0. The Labute approximate surface area is 179 Å².